The number of benzene rings is 1. The number of morpholine rings is 1. The molecule has 1 aromatic heterocycles. The van der Waals surface area contributed by atoms with Crippen molar-refractivity contribution in [2.45, 2.75) is 5.09 Å². The zero-order valence-corrected chi connectivity index (χ0v) is 14.6. The molecule has 1 aliphatic rings. The molecule has 0 saturated carbocycles. The van der Waals surface area contributed by atoms with Gasteiger partial charge >= 0.3 is 0 Å². The van der Waals surface area contributed by atoms with Crippen molar-refractivity contribution in [3.05, 3.63) is 48.2 Å². The van der Waals surface area contributed by atoms with Crippen molar-refractivity contribution in [3.8, 4) is 0 Å². The molecule has 1 amide bonds. The summed E-state index contributed by atoms with van der Waals surface area (Å²) >= 11 is 1.49. The average molecular weight is 346 g/mol. The van der Waals surface area contributed by atoms with Gasteiger partial charge in [-0.05, 0) is 30.5 Å². The number of para-hydroxylation sites is 1. The van der Waals surface area contributed by atoms with Crippen LogP contribution in [0, 0.1) is 0 Å². The highest BCUT2D eigenvalue weighted by Crippen LogP contribution is 2.22. The Morgan fingerprint density at radius 1 is 1.17 bits per heavy atom. The molecule has 128 valence electrons. The molecular weight excluding hydrogens is 324 g/mol. The Hall–Kier alpha value is -1.76. The number of nitrogens with zero attached hydrogens (tertiary/aromatic N) is 2. The lowest BCUT2D eigenvalue weighted by molar-refractivity contribution is 0.0390. The van der Waals surface area contributed by atoms with Crippen molar-refractivity contribution in [2.75, 3.05) is 50.5 Å². The van der Waals surface area contributed by atoms with Crippen molar-refractivity contribution < 1.29 is 13.9 Å². The van der Waals surface area contributed by atoms with Crippen LogP contribution in [0.1, 0.15) is 10.6 Å². The maximum Gasteiger partial charge on any atom is 0.294 e. The van der Waals surface area contributed by atoms with Gasteiger partial charge in [0.25, 0.3) is 5.91 Å². The minimum Gasteiger partial charge on any atom is -0.445 e. The summed E-state index contributed by atoms with van der Waals surface area (Å²) in [7, 11) is 0. The van der Waals surface area contributed by atoms with Gasteiger partial charge in [0, 0.05) is 31.9 Å². The van der Waals surface area contributed by atoms with Gasteiger partial charge in [-0.1, -0.05) is 30.0 Å². The minimum atomic E-state index is -0.102. The maximum atomic E-state index is 12.9. The molecule has 1 aromatic carbocycles. The van der Waals surface area contributed by atoms with E-state index in [0.29, 0.717) is 12.3 Å². The second-order valence-corrected chi connectivity index (χ2v) is 6.38. The normalized spacial score (nSPS) is 15.4. The van der Waals surface area contributed by atoms with Crippen molar-refractivity contribution >= 4 is 23.4 Å². The van der Waals surface area contributed by atoms with E-state index in [2.05, 4.69) is 4.90 Å². The molecule has 5 nitrogen and oxygen atoms in total. The van der Waals surface area contributed by atoms with E-state index in [1.807, 2.05) is 42.7 Å². The summed E-state index contributed by atoms with van der Waals surface area (Å²) < 4.78 is 11.0. The minimum absolute atomic E-state index is 0.102. The number of hydrogen-bond donors (Lipinski definition) is 0. The highest BCUT2D eigenvalue weighted by atomic mass is 32.2. The Bertz CT molecular complexity index is 653. The Morgan fingerprint density at radius 3 is 2.58 bits per heavy atom. The van der Waals surface area contributed by atoms with Gasteiger partial charge in [-0.25, -0.2) is 0 Å². The van der Waals surface area contributed by atoms with Crippen molar-refractivity contribution in [2.24, 2.45) is 0 Å². The van der Waals surface area contributed by atoms with Gasteiger partial charge in [0.05, 0.1) is 13.2 Å². The van der Waals surface area contributed by atoms with Crippen LogP contribution in [-0.4, -0.2) is 56.5 Å². The molecule has 2 heterocycles. The maximum absolute atomic E-state index is 12.9. The lowest BCUT2D eigenvalue weighted by Gasteiger charge is -2.29. The zero-order valence-electron chi connectivity index (χ0n) is 13.8. The van der Waals surface area contributed by atoms with Crippen LogP contribution in [0.2, 0.25) is 0 Å². The molecule has 6 heteroatoms. The lowest BCUT2D eigenvalue weighted by Crippen LogP contribution is -2.43. The number of furan rings is 1. The van der Waals surface area contributed by atoms with Gasteiger partial charge in [0.1, 0.15) is 0 Å². The van der Waals surface area contributed by atoms with Crippen LogP contribution < -0.4 is 4.90 Å². The quantitative estimate of drug-likeness (QED) is 0.753. The molecular formula is C18H22N2O3S. The molecule has 1 saturated heterocycles. The monoisotopic (exact) mass is 346 g/mol. The van der Waals surface area contributed by atoms with E-state index in [-0.39, 0.29) is 5.91 Å². The molecule has 0 spiro atoms. The van der Waals surface area contributed by atoms with Crippen molar-refractivity contribution in [1.29, 1.82) is 0 Å². The molecule has 1 aliphatic heterocycles. The number of carbonyl (C=O) groups is 1. The smallest absolute Gasteiger partial charge is 0.294 e. The third kappa shape index (κ3) is 4.20. The predicted molar refractivity (Wildman–Crippen MR) is 95.9 cm³/mol. The van der Waals surface area contributed by atoms with Gasteiger partial charge in [0.2, 0.25) is 0 Å². The van der Waals surface area contributed by atoms with Gasteiger partial charge in [0.15, 0.2) is 10.9 Å². The van der Waals surface area contributed by atoms with E-state index in [1.54, 1.807) is 11.0 Å². The molecule has 0 atom stereocenters. The van der Waals surface area contributed by atoms with Gasteiger partial charge < -0.3 is 14.1 Å². The van der Waals surface area contributed by atoms with Gasteiger partial charge in [-0.3, -0.25) is 9.69 Å². The number of anilines is 1. The zero-order chi connectivity index (χ0) is 16.8. The van der Waals surface area contributed by atoms with Gasteiger partial charge in [-0.15, -0.1) is 0 Å². The van der Waals surface area contributed by atoms with Crippen molar-refractivity contribution in [1.82, 2.24) is 4.90 Å². The van der Waals surface area contributed by atoms with E-state index >= 15 is 0 Å². The molecule has 1 fully saturated rings. The third-order valence-corrected chi connectivity index (χ3v) is 4.67. The van der Waals surface area contributed by atoms with Gasteiger partial charge in [-0.2, -0.15) is 0 Å². The Morgan fingerprint density at radius 2 is 1.92 bits per heavy atom. The first-order valence-corrected chi connectivity index (χ1v) is 9.31. The van der Waals surface area contributed by atoms with Crippen LogP contribution in [0.4, 0.5) is 5.69 Å². The average Bonchev–Trinajstić information content (AvgIpc) is 3.13. The van der Waals surface area contributed by atoms with Crippen LogP contribution in [0.25, 0.3) is 0 Å². The molecule has 2 aromatic rings. The molecule has 3 rings (SSSR count). The standard InChI is InChI=1S/C18H22N2O3S/c1-24-17-8-7-16(23-17)18(21)20(15-5-3-2-4-6-15)10-9-19-11-13-22-14-12-19/h2-8H,9-14H2,1H3. The lowest BCUT2D eigenvalue weighted by atomic mass is 10.2. The first-order chi connectivity index (χ1) is 11.8. The summed E-state index contributed by atoms with van der Waals surface area (Å²) in [6.45, 7) is 4.78. The fraction of sp³-hybridized carbons (Fsp3) is 0.389. The summed E-state index contributed by atoms with van der Waals surface area (Å²) in [5, 5.41) is 0.750. The van der Waals surface area contributed by atoms with Crippen LogP contribution in [0.5, 0.6) is 0 Å². The second-order valence-electron chi connectivity index (χ2n) is 5.57. The largest absolute Gasteiger partial charge is 0.445 e. The second kappa shape index (κ2) is 8.37. The first kappa shape index (κ1) is 17.1. The molecule has 0 N–H and O–H groups in total. The van der Waals surface area contributed by atoms with Crippen LogP contribution in [0.3, 0.4) is 0 Å². The van der Waals surface area contributed by atoms with E-state index in [0.717, 1.165) is 43.6 Å². The van der Waals surface area contributed by atoms with Crippen LogP contribution in [-0.2, 0) is 4.74 Å². The summed E-state index contributed by atoms with van der Waals surface area (Å²) in [6, 6.07) is 13.3. The number of amides is 1. The fourth-order valence-corrected chi connectivity index (χ4v) is 3.08. The molecule has 0 unspecified atom stereocenters. The number of hydrogen-bond acceptors (Lipinski definition) is 5. The highest BCUT2D eigenvalue weighted by molar-refractivity contribution is 7.98. The fourth-order valence-electron chi connectivity index (χ4n) is 2.70. The van der Waals surface area contributed by atoms with Crippen molar-refractivity contribution in [3.63, 3.8) is 0 Å². The first-order valence-electron chi connectivity index (χ1n) is 8.09. The molecule has 0 aliphatic carbocycles. The number of thioether (sulfide) groups is 1. The van der Waals surface area contributed by atoms with E-state index < -0.39 is 0 Å². The Balaban J connectivity index is 1.75. The molecule has 0 radical (unpaired) electrons. The van der Waals surface area contributed by atoms with Crippen LogP contribution >= 0.6 is 11.8 Å². The summed E-state index contributed by atoms with van der Waals surface area (Å²) in [5.74, 6) is 0.278. The summed E-state index contributed by atoms with van der Waals surface area (Å²) in [4.78, 5) is 17.0. The number of ether oxygens (including phenoxy) is 1. The SMILES string of the molecule is CSc1ccc(C(=O)N(CCN2CCOCC2)c2ccccc2)o1. The van der Waals surface area contributed by atoms with Crippen LogP contribution in [0.15, 0.2) is 52.0 Å². The van der Waals surface area contributed by atoms with E-state index in [9.17, 15) is 4.79 Å². The Kier molecular flexibility index (Phi) is 5.96. The highest BCUT2D eigenvalue weighted by Gasteiger charge is 2.22. The number of carbonyl (C=O) groups excluding carboxylic acids is 1. The van der Waals surface area contributed by atoms with E-state index in [1.165, 1.54) is 11.8 Å². The summed E-state index contributed by atoms with van der Waals surface area (Å²) in [6.07, 6.45) is 1.93. The topological polar surface area (TPSA) is 45.9 Å². The molecule has 0 bridgehead atoms. The summed E-state index contributed by atoms with van der Waals surface area (Å²) in [5.41, 5.74) is 0.887. The third-order valence-electron chi connectivity index (χ3n) is 4.05. The Labute approximate surface area is 146 Å². The predicted octanol–water partition coefficient (Wildman–Crippen LogP) is 2.98. The van der Waals surface area contributed by atoms with E-state index in [4.69, 9.17) is 9.15 Å². The molecule has 24 heavy (non-hydrogen) atoms. The number of rotatable bonds is 6.